The van der Waals surface area contributed by atoms with Crippen molar-refractivity contribution in [3.05, 3.63) is 107 Å². The lowest BCUT2D eigenvalue weighted by molar-refractivity contribution is 0.0197. The molecule has 0 fully saturated rings. The second-order valence-corrected chi connectivity index (χ2v) is 9.33. The number of phenolic OH excluding ortho intramolecular Hbond substituents is 4. The van der Waals surface area contributed by atoms with E-state index >= 15 is 0 Å². The van der Waals surface area contributed by atoms with Crippen LogP contribution in [-0.4, -0.2) is 42.8 Å². The molecule has 0 saturated heterocycles. The predicted octanol–water partition coefficient (Wildman–Crippen LogP) is 4.27. The minimum atomic E-state index is -0.933. The smallest absolute Gasteiger partial charge is 0.157 e. The fourth-order valence-corrected chi connectivity index (χ4v) is 4.73. The number of ether oxygens (including phenoxy) is 2. The van der Waals surface area contributed by atoms with Gasteiger partial charge >= 0.3 is 0 Å². The molecule has 8 heteroatoms. The monoisotopic (exact) mass is 516 g/mol. The van der Waals surface area contributed by atoms with E-state index in [1.807, 2.05) is 54.6 Å². The summed E-state index contributed by atoms with van der Waals surface area (Å²) in [5, 5.41) is 58.4. The SMILES string of the molecule is OC1Cc2ccccc2OC1c1ccccc1.Oc1cc(O)c2c(c1)O[C@H](c1ccc(O)c(O)c1)[C@@H](O)C2. The van der Waals surface area contributed by atoms with E-state index in [0.717, 1.165) is 16.9 Å². The summed E-state index contributed by atoms with van der Waals surface area (Å²) in [6, 6.07) is 24.4. The fraction of sp³-hybridized carbons (Fsp3) is 0.200. The highest BCUT2D eigenvalue weighted by atomic mass is 16.5. The molecule has 6 N–H and O–H groups in total. The Morgan fingerprint density at radius 1 is 0.553 bits per heavy atom. The number of hydrogen-bond donors (Lipinski definition) is 6. The first-order valence-electron chi connectivity index (χ1n) is 12.2. The summed E-state index contributed by atoms with van der Waals surface area (Å²) in [7, 11) is 0. The molecule has 2 unspecified atom stereocenters. The largest absolute Gasteiger partial charge is 0.508 e. The van der Waals surface area contributed by atoms with Crippen LogP contribution in [0.5, 0.6) is 34.5 Å². The van der Waals surface area contributed by atoms with Crippen LogP contribution in [0.1, 0.15) is 34.5 Å². The Bertz CT molecular complexity index is 1420. The van der Waals surface area contributed by atoms with Crippen molar-refractivity contribution in [2.45, 2.75) is 37.3 Å². The second kappa shape index (κ2) is 10.5. The Labute approximate surface area is 219 Å². The minimum Gasteiger partial charge on any atom is -0.508 e. The van der Waals surface area contributed by atoms with Gasteiger partial charge in [0, 0.05) is 30.5 Å². The molecule has 196 valence electrons. The third kappa shape index (κ3) is 5.18. The maximum Gasteiger partial charge on any atom is 0.157 e. The number of benzene rings is 4. The van der Waals surface area contributed by atoms with Gasteiger partial charge in [-0.15, -0.1) is 0 Å². The van der Waals surface area contributed by atoms with Gasteiger partial charge in [0.25, 0.3) is 0 Å². The third-order valence-corrected chi connectivity index (χ3v) is 6.65. The summed E-state index contributed by atoms with van der Waals surface area (Å²) < 4.78 is 11.5. The van der Waals surface area contributed by atoms with Gasteiger partial charge in [-0.1, -0.05) is 54.6 Å². The fourth-order valence-electron chi connectivity index (χ4n) is 4.73. The van der Waals surface area contributed by atoms with Gasteiger partial charge in [0.05, 0.1) is 12.2 Å². The first-order chi connectivity index (χ1) is 18.3. The Morgan fingerprint density at radius 2 is 1.21 bits per heavy atom. The molecule has 0 bridgehead atoms. The number of aliphatic hydroxyl groups excluding tert-OH is 2. The molecular weight excluding hydrogens is 488 g/mol. The van der Waals surface area contributed by atoms with Gasteiger partial charge in [0.15, 0.2) is 11.5 Å². The zero-order valence-corrected chi connectivity index (χ0v) is 20.3. The van der Waals surface area contributed by atoms with Crippen LogP contribution in [0.15, 0.2) is 84.9 Å². The average Bonchev–Trinajstić information content (AvgIpc) is 2.91. The zero-order chi connectivity index (χ0) is 26.8. The third-order valence-electron chi connectivity index (χ3n) is 6.65. The van der Waals surface area contributed by atoms with Gasteiger partial charge in [-0.25, -0.2) is 0 Å². The Morgan fingerprint density at radius 3 is 1.97 bits per heavy atom. The number of aromatic hydroxyl groups is 4. The maximum atomic E-state index is 10.2. The van der Waals surface area contributed by atoms with E-state index in [1.165, 1.54) is 30.3 Å². The van der Waals surface area contributed by atoms with Crippen molar-refractivity contribution < 1.29 is 40.1 Å². The molecule has 4 aromatic carbocycles. The van der Waals surface area contributed by atoms with Crippen molar-refractivity contribution in [2.75, 3.05) is 0 Å². The lowest BCUT2D eigenvalue weighted by Crippen LogP contribution is -2.30. The molecule has 2 aliphatic heterocycles. The van der Waals surface area contributed by atoms with Crippen LogP contribution < -0.4 is 9.47 Å². The molecular formula is C30H28O8. The van der Waals surface area contributed by atoms with Crippen LogP contribution in [0.2, 0.25) is 0 Å². The summed E-state index contributed by atoms with van der Waals surface area (Å²) >= 11 is 0. The quantitative estimate of drug-likeness (QED) is 0.217. The lowest BCUT2D eigenvalue weighted by atomic mass is 9.94. The zero-order valence-electron chi connectivity index (χ0n) is 20.3. The van der Waals surface area contributed by atoms with Crippen LogP contribution in [0.25, 0.3) is 0 Å². The first kappa shape index (κ1) is 25.3. The second-order valence-electron chi connectivity index (χ2n) is 9.33. The van der Waals surface area contributed by atoms with E-state index in [-0.39, 0.29) is 41.3 Å². The number of aliphatic hydroxyl groups is 2. The summed E-state index contributed by atoms with van der Waals surface area (Å²) in [5.41, 5.74) is 2.99. The molecule has 4 atom stereocenters. The lowest BCUT2D eigenvalue weighted by Gasteiger charge is -2.31. The predicted molar refractivity (Wildman–Crippen MR) is 139 cm³/mol. The van der Waals surface area contributed by atoms with Crippen molar-refractivity contribution in [1.82, 2.24) is 0 Å². The van der Waals surface area contributed by atoms with Crippen LogP contribution in [0.4, 0.5) is 0 Å². The molecule has 0 radical (unpaired) electrons. The molecule has 0 amide bonds. The standard InChI is InChI=1S/C15H14O6.C15H14O2/c16-8-4-11(18)9-6-13(20)15(21-14(9)5-8)7-1-2-10(17)12(19)3-7;16-13-10-12-8-4-5-9-14(12)17-15(13)11-6-2-1-3-7-11/h1-5,13,15-20H,6H2;1-9,13,15-16H,10H2/t13-,15+;/m0./s1. The highest BCUT2D eigenvalue weighted by molar-refractivity contribution is 5.52. The number of hydrogen-bond acceptors (Lipinski definition) is 8. The molecule has 0 aliphatic carbocycles. The van der Waals surface area contributed by atoms with Crippen molar-refractivity contribution in [1.29, 1.82) is 0 Å². The number of fused-ring (bicyclic) bond motifs is 2. The molecule has 8 nitrogen and oxygen atoms in total. The van der Waals surface area contributed by atoms with E-state index in [2.05, 4.69) is 0 Å². The Kier molecular flexibility index (Phi) is 7.00. The molecule has 38 heavy (non-hydrogen) atoms. The van der Waals surface area contributed by atoms with Crippen LogP contribution in [-0.2, 0) is 12.8 Å². The number of phenols is 4. The van der Waals surface area contributed by atoms with Crippen molar-refractivity contribution in [3.8, 4) is 34.5 Å². The van der Waals surface area contributed by atoms with Crippen LogP contribution >= 0.6 is 0 Å². The average molecular weight is 517 g/mol. The van der Waals surface area contributed by atoms with E-state index in [4.69, 9.17) is 9.47 Å². The molecule has 0 saturated carbocycles. The van der Waals surface area contributed by atoms with Crippen molar-refractivity contribution >= 4 is 0 Å². The highest BCUT2D eigenvalue weighted by Crippen LogP contribution is 2.42. The highest BCUT2D eigenvalue weighted by Gasteiger charge is 2.32. The number of para-hydroxylation sites is 1. The van der Waals surface area contributed by atoms with E-state index < -0.39 is 18.3 Å². The van der Waals surface area contributed by atoms with E-state index in [1.54, 1.807) is 0 Å². The normalized spacial score (nSPS) is 21.5. The van der Waals surface area contributed by atoms with Gasteiger partial charge in [-0.2, -0.15) is 0 Å². The summed E-state index contributed by atoms with van der Waals surface area (Å²) in [4.78, 5) is 0. The number of rotatable bonds is 2. The molecule has 0 spiro atoms. The molecule has 4 aromatic rings. The molecule has 6 rings (SSSR count). The van der Waals surface area contributed by atoms with Crippen LogP contribution in [0, 0.1) is 0 Å². The molecule has 0 aromatic heterocycles. The summed E-state index contributed by atoms with van der Waals surface area (Å²) in [6.07, 6.45) is -1.65. The summed E-state index contributed by atoms with van der Waals surface area (Å²) in [6.45, 7) is 0. The Hall–Kier alpha value is -4.40. The van der Waals surface area contributed by atoms with Gasteiger partial charge < -0.3 is 40.1 Å². The summed E-state index contributed by atoms with van der Waals surface area (Å²) in [5.74, 6) is 0.292. The molecule has 2 aliphatic rings. The van der Waals surface area contributed by atoms with Gasteiger partial charge in [0.1, 0.15) is 35.2 Å². The first-order valence-corrected chi connectivity index (χ1v) is 12.2. The topological polar surface area (TPSA) is 140 Å². The molecule has 2 heterocycles. The minimum absolute atomic E-state index is 0.143. The van der Waals surface area contributed by atoms with E-state index in [0.29, 0.717) is 17.5 Å². The van der Waals surface area contributed by atoms with Crippen molar-refractivity contribution in [3.63, 3.8) is 0 Å². The van der Waals surface area contributed by atoms with Gasteiger partial charge in [0.2, 0.25) is 0 Å². The van der Waals surface area contributed by atoms with Gasteiger partial charge in [-0.3, -0.25) is 0 Å². The van der Waals surface area contributed by atoms with Crippen LogP contribution in [0.3, 0.4) is 0 Å². The Balaban J connectivity index is 0.000000158. The van der Waals surface area contributed by atoms with E-state index in [9.17, 15) is 30.6 Å². The van der Waals surface area contributed by atoms with Gasteiger partial charge in [-0.05, 0) is 34.9 Å². The van der Waals surface area contributed by atoms with Crippen molar-refractivity contribution in [2.24, 2.45) is 0 Å². The maximum absolute atomic E-state index is 10.2.